The molecule has 6 nitrogen and oxygen atoms in total. The van der Waals surface area contributed by atoms with Gasteiger partial charge >= 0.3 is 0 Å². The molecule has 2 aromatic rings. The van der Waals surface area contributed by atoms with Crippen molar-refractivity contribution >= 4 is 29.9 Å². The van der Waals surface area contributed by atoms with E-state index in [2.05, 4.69) is 45.8 Å². The van der Waals surface area contributed by atoms with Crippen LogP contribution in [0, 0.1) is 0 Å². The molecule has 1 aromatic heterocycles. The quantitative estimate of drug-likeness (QED) is 0.399. The van der Waals surface area contributed by atoms with Crippen molar-refractivity contribution < 1.29 is 4.74 Å². The van der Waals surface area contributed by atoms with Gasteiger partial charge in [-0.3, -0.25) is 4.68 Å². The van der Waals surface area contributed by atoms with Gasteiger partial charge in [0, 0.05) is 32.8 Å². The molecular weight excluding hydrogens is 429 g/mol. The summed E-state index contributed by atoms with van der Waals surface area (Å²) < 4.78 is 7.40. The zero-order valence-electron chi connectivity index (χ0n) is 14.8. The Hall–Kier alpha value is -1.77. The van der Waals surface area contributed by atoms with E-state index in [1.54, 1.807) is 6.20 Å². The number of guanidine groups is 1. The lowest BCUT2D eigenvalue weighted by molar-refractivity contribution is 0.357. The van der Waals surface area contributed by atoms with Crippen LogP contribution in [-0.2, 0) is 26.4 Å². The molecule has 1 aliphatic heterocycles. The summed E-state index contributed by atoms with van der Waals surface area (Å²) in [6, 6.07) is 8.47. The van der Waals surface area contributed by atoms with Crippen LogP contribution < -0.4 is 15.4 Å². The third-order valence-electron chi connectivity index (χ3n) is 4.13. The monoisotopic (exact) mass is 455 g/mol. The third-order valence-corrected chi connectivity index (χ3v) is 4.13. The minimum atomic E-state index is 0. The molecule has 7 heteroatoms. The standard InChI is InChI=1S/C18H25N5O.HI/c1-3-19-18(21-13-16-7-10-22-23(16)2)20-9-6-14-4-5-17-15(12-14)8-11-24-17;/h4-5,7,10,12H,3,6,8-9,11,13H2,1-2H3,(H2,19,20,21);1H. The lowest BCUT2D eigenvalue weighted by Gasteiger charge is -2.11. The minimum absolute atomic E-state index is 0. The number of rotatable bonds is 6. The molecule has 136 valence electrons. The predicted molar refractivity (Wildman–Crippen MR) is 111 cm³/mol. The molecule has 0 bridgehead atoms. The molecule has 0 saturated heterocycles. The van der Waals surface area contributed by atoms with Gasteiger partial charge in [0.05, 0.1) is 18.8 Å². The number of fused-ring (bicyclic) bond motifs is 1. The van der Waals surface area contributed by atoms with E-state index >= 15 is 0 Å². The van der Waals surface area contributed by atoms with Crippen molar-refractivity contribution in [2.24, 2.45) is 12.0 Å². The predicted octanol–water partition coefficient (Wildman–Crippen LogP) is 2.27. The van der Waals surface area contributed by atoms with Crippen molar-refractivity contribution in [1.29, 1.82) is 0 Å². The molecule has 1 aromatic carbocycles. The van der Waals surface area contributed by atoms with Crippen LogP contribution in [-0.4, -0.2) is 35.4 Å². The Bertz CT molecular complexity index is 713. The smallest absolute Gasteiger partial charge is 0.191 e. The zero-order chi connectivity index (χ0) is 16.8. The largest absolute Gasteiger partial charge is 0.493 e. The number of aromatic nitrogens is 2. The SMILES string of the molecule is CCNC(=NCc1ccnn1C)NCCc1ccc2c(c1)CCO2.I. The van der Waals surface area contributed by atoms with Crippen LogP contribution in [0.25, 0.3) is 0 Å². The molecule has 0 fully saturated rings. The highest BCUT2D eigenvalue weighted by Gasteiger charge is 2.11. The average molecular weight is 455 g/mol. The van der Waals surface area contributed by atoms with Crippen molar-refractivity contribution in [3.63, 3.8) is 0 Å². The van der Waals surface area contributed by atoms with E-state index in [4.69, 9.17) is 4.74 Å². The Morgan fingerprint density at radius 1 is 1.32 bits per heavy atom. The molecule has 0 amide bonds. The third kappa shape index (κ3) is 5.35. The van der Waals surface area contributed by atoms with Gasteiger partial charge in [-0.25, -0.2) is 4.99 Å². The molecule has 0 spiro atoms. The Morgan fingerprint density at radius 2 is 2.20 bits per heavy atom. The summed E-state index contributed by atoms with van der Waals surface area (Å²) in [5.74, 6) is 1.88. The van der Waals surface area contributed by atoms with Gasteiger partial charge in [-0.1, -0.05) is 12.1 Å². The second-order valence-corrected chi connectivity index (χ2v) is 5.86. The molecule has 2 heterocycles. The van der Waals surface area contributed by atoms with E-state index in [1.165, 1.54) is 11.1 Å². The van der Waals surface area contributed by atoms with E-state index in [0.717, 1.165) is 49.9 Å². The van der Waals surface area contributed by atoms with Crippen LogP contribution >= 0.6 is 24.0 Å². The van der Waals surface area contributed by atoms with Crippen LogP contribution in [0.2, 0.25) is 0 Å². The zero-order valence-corrected chi connectivity index (χ0v) is 17.1. The molecule has 1 aliphatic rings. The summed E-state index contributed by atoms with van der Waals surface area (Å²) in [5, 5.41) is 10.8. The molecule has 3 rings (SSSR count). The number of nitrogens with one attached hydrogen (secondary N) is 2. The van der Waals surface area contributed by atoms with E-state index < -0.39 is 0 Å². The number of aliphatic imine (C=N–C) groups is 1. The number of nitrogens with zero attached hydrogens (tertiary/aromatic N) is 3. The van der Waals surface area contributed by atoms with E-state index in [0.29, 0.717) is 6.54 Å². The molecule has 0 radical (unpaired) electrons. The summed E-state index contributed by atoms with van der Waals surface area (Å²) in [5.41, 5.74) is 3.74. The fourth-order valence-electron chi connectivity index (χ4n) is 2.78. The second-order valence-electron chi connectivity index (χ2n) is 5.86. The minimum Gasteiger partial charge on any atom is -0.493 e. The van der Waals surface area contributed by atoms with Gasteiger partial charge in [-0.05, 0) is 36.6 Å². The van der Waals surface area contributed by atoms with Gasteiger partial charge < -0.3 is 15.4 Å². The van der Waals surface area contributed by atoms with Crippen molar-refractivity contribution in [3.05, 3.63) is 47.3 Å². The highest BCUT2D eigenvalue weighted by atomic mass is 127. The first-order valence-corrected chi connectivity index (χ1v) is 8.50. The normalized spacial score (nSPS) is 13.0. The first-order valence-electron chi connectivity index (χ1n) is 8.50. The number of hydrogen-bond acceptors (Lipinski definition) is 3. The summed E-state index contributed by atoms with van der Waals surface area (Å²) in [7, 11) is 1.93. The topological polar surface area (TPSA) is 63.5 Å². The molecule has 0 atom stereocenters. The van der Waals surface area contributed by atoms with Gasteiger partial charge in [0.2, 0.25) is 0 Å². The highest BCUT2D eigenvalue weighted by Crippen LogP contribution is 2.25. The van der Waals surface area contributed by atoms with Gasteiger partial charge in [0.15, 0.2) is 5.96 Å². The fourth-order valence-corrected chi connectivity index (χ4v) is 2.78. The van der Waals surface area contributed by atoms with Crippen molar-refractivity contribution in [3.8, 4) is 5.75 Å². The Labute approximate surface area is 166 Å². The van der Waals surface area contributed by atoms with Crippen LogP contribution in [0.5, 0.6) is 5.75 Å². The molecule has 0 unspecified atom stereocenters. The summed E-state index contributed by atoms with van der Waals surface area (Å²) in [6.45, 7) is 5.18. The van der Waals surface area contributed by atoms with Crippen molar-refractivity contribution in [2.75, 3.05) is 19.7 Å². The Morgan fingerprint density at radius 3 is 2.96 bits per heavy atom. The number of halogens is 1. The second kappa shape index (κ2) is 9.65. The maximum absolute atomic E-state index is 5.55. The molecule has 25 heavy (non-hydrogen) atoms. The van der Waals surface area contributed by atoms with Crippen LogP contribution in [0.4, 0.5) is 0 Å². The maximum atomic E-state index is 5.55. The molecule has 0 aliphatic carbocycles. The molecule has 0 saturated carbocycles. The average Bonchev–Trinajstić information content (AvgIpc) is 3.21. The van der Waals surface area contributed by atoms with Gasteiger partial charge in [-0.15, -0.1) is 24.0 Å². The molecular formula is C18H26IN5O. The van der Waals surface area contributed by atoms with Gasteiger partial charge in [0.25, 0.3) is 0 Å². The maximum Gasteiger partial charge on any atom is 0.191 e. The Balaban J connectivity index is 0.00000225. The summed E-state index contributed by atoms with van der Waals surface area (Å²) in [6.07, 6.45) is 3.78. The van der Waals surface area contributed by atoms with E-state index in [9.17, 15) is 0 Å². The number of aryl methyl sites for hydroxylation is 1. The lowest BCUT2D eigenvalue weighted by Crippen LogP contribution is -2.38. The number of hydrogen-bond donors (Lipinski definition) is 2. The summed E-state index contributed by atoms with van der Waals surface area (Å²) >= 11 is 0. The first-order chi connectivity index (χ1) is 11.8. The summed E-state index contributed by atoms with van der Waals surface area (Å²) in [4.78, 5) is 4.62. The van der Waals surface area contributed by atoms with Crippen molar-refractivity contribution in [1.82, 2.24) is 20.4 Å². The van der Waals surface area contributed by atoms with Gasteiger partial charge in [0.1, 0.15) is 5.75 Å². The van der Waals surface area contributed by atoms with Gasteiger partial charge in [-0.2, -0.15) is 5.10 Å². The van der Waals surface area contributed by atoms with Crippen LogP contribution in [0.15, 0.2) is 35.5 Å². The van der Waals surface area contributed by atoms with Crippen LogP contribution in [0.1, 0.15) is 23.7 Å². The fraction of sp³-hybridized carbons (Fsp3) is 0.444. The first kappa shape index (κ1) is 19.6. The lowest BCUT2D eigenvalue weighted by atomic mass is 10.1. The van der Waals surface area contributed by atoms with E-state index in [1.807, 2.05) is 17.8 Å². The number of benzene rings is 1. The van der Waals surface area contributed by atoms with E-state index in [-0.39, 0.29) is 24.0 Å². The van der Waals surface area contributed by atoms with Crippen LogP contribution in [0.3, 0.4) is 0 Å². The van der Waals surface area contributed by atoms with Crippen molar-refractivity contribution in [2.45, 2.75) is 26.3 Å². The Kier molecular flexibility index (Phi) is 7.54. The number of ether oxygens (including phenoxy) is 1. The highest BCUT2D eigenvalue weighted by molar-refractivity contribution is 14.0. The molecule has 2 N–H and O–H groups in total.